The van der Waals surface area contributed by atoms with E-state index in [4.69, 9.17) is 4.42 Å². The molecule has 0 N–H and O–H groups in total. The standard InChI is InChI=1S/C34H21FN2O/c35-30-16-13-23(14-17-30)22-5-7-24(8-6-22)25-9-10-27-20-28(12-11-26(27)19-25)31-18-15-29(21-36-31)34-37-32-3-1-2-4-33(32)38-34/h1-21H. The summed E-state index contributed by atoms with van der Waals surface area (Å²) in [5, 5.41) is 2.32. The molecule has 0 radical (unpaired) electrons. The number of halogens is 1. The Labute approximate surface area is 218 Å². The van der Waals surface area contributed by atoms with Crippen molar-refractivity contribution in [1.82, 2.24) is 9.97 Å². The molecule has 38 heavy (non-hydrogen) atoms. The summed E-state index contributed by atoms with van der Waals surface area (Å²) in [6.45, 7) is 0. The molecule has 0 unspecified atom stereocenters. The van der Waals surface area contributed by atoms with Gasteiger partial charge in [-0.1, -0.05) is 72.8 Å². The highest BCUT2D eigenvalue weighted by atomic mass is 19.1. The van der Waals surface area contributed by atoms with Gasteiger partial charge in [-0.05, 0) is 81.6 Å². The van der Waals surface area contributed by atoms with E-state index in [9.17, 15) is 4.39 Å². The van der Waals surface area contributed by atoms with Gasteiger partial charge in [0.2, 0.25) is 5.89 Å². The molecule has 7 aromatic rings. The quantitative estimate of drug-likeness (QED) is 0.246. The number of aromatic nitrogens is 2. The highest BCUT2D eigenvalue weighted by Gasteiger charge is 2.10. The molecule has 0 aliphatic carbocycles. The lowest BCUT2D eigenvalue weighted by molar-refractivity contribution is 0.619. The summed E-state index contributed by atoms with van der Waals surface area (Å²) < 4.78 is 19.1. The summed E-state index contributed by atoms with van der Waals surface area (Å²) in [6, 6.07) is 39.6. The van der Waals surface area contributed by atoms with E-state index < -0.39 is 0 Å². The van der Waals surface area contributed by atoms with Gasteiger partial charge in [-0.2, -0.15) is 0 Å². The molecule has 0 atom stereocenters. The van der Waals surface area contributed by atoms with Crippen LogP contribution in [-0.4, -0.2) is 9.97 Å². The number of benzene rings is 5. The third-order valence-corrected chi connectivity index (χ3v) is 6.84. The van der Waals surface area contributed by atoms with Crippen LogP contribution >= 0.6 is 0 Å². The van der Waals surface area contributed by atoms with Crippen LogP contribution in [0.1, 0.15) is 0 Å². The summed E-state index contributed by atoms with van der Waals surface area (Å²) >= 11 is 0. The van der Waals surface area contributed by atoms with Gasteiger partial charge >= 0.3 is 0 Å². The first-order valence-corrected chi connectivity index (χ1v) is 12.4. The van der Waals surface area contributed by atoms with E-state index in [0.29, 0.717) is 5.89 Å². The molecule has 2 heterocycles. The second-order valence-corrected chi connectivity index (χ2v) is 9.28. The fraction of sp³-hybridized carbons (Fsp3) is 0. The van der Waals surface area contributed by atoms with Crippen molar-refractivity contribution >= 4 is 21.9 Å². The molecule has 0 saturated heterocycles. The Hall–Kier alpha value is -5.09. The zero-order valence-corrected chi connectivity index (χ0v) is 20.3. The van der Waals surface area contributed by atoms with Crippen LogP contribution in [0.4, 0.5) is 4.39 Å². The van der Waals surface area contributed by atoms with E-state index in [0.717, 1.165) is 60.9 Å². The second-order valence-electron chi connectivity index (χ2n) is 9.28. The Balaban J connectivity index is 1.14. The van der Waals surface area contributed by atoms with E-state index in [2.05, 4.69) is 70.6 Å². The van der Waals surface area contributed by atoms with Gasteiger partial charge in [0.15, 0.2) is 5.58 Å². The molecule has 0 spiro atoms. The predicted octanol–water partition coefficient (Wildman–Crippen LogP) is 9.18. The van der Waals surface area contributed by atoms with Crippen molar-refractivity contribution in [2.24, 2.45) is 0 Å². The zero-order valence-electron chi connectivity index (χ0n) is 20.3. The average Bonchev–Trinajstić information content (AvgIpc) is 3.42. The summed E-state index contributed by atoms with van der Waals surface area (Å²) in [5.74, 6) is 0.347. The van der Waals surface area contributed by atoms with E-state index in [1.54, 1.807) is 12.1 Å². The number of oxazole rings is 1. The normalized spacial score (nSPS) is 11.3. The maximum absolute atomic E-state index is 13.2. The lowest BCUT2D eigenvalue weighted by Gasteiger charge is -2.08. The van der Waals surface area contributed by atoms with Crippen LogP contribution in [0.2, 0.25) is 0 Å². The first-order chi connectivity index (χ1) is 18.7. The Morgan fingerprint density at radius 3 is 1.79 bits per heavy atom. The zero-order chi connectivity index (χ0) is 25.5. The van der Waals surface area contributed by atoms with Gasteiger partial charge in [0.05, 0.1) is 11.3 Å². The van der Waals surface area contributed by atoms with Crippen LogP contribution in [0.3, 0.4) is 0 Å². The molecular formula is C34H21FN2O. The Bertz CT molecular complexity index is 1870. The minimum atomic E-state index is -0.225. The first kappa shape index (κ1) is 22.1. The highest BCUT2D eigenvalue weighted by Crippen LogP contribution is 2.31. The van der Waals surface area contributed by atoms with E-state index in [1.165, 1.54) is 12.1 Å². The summed E-state index contributed by atoms with van der Waals surface area (Å²) in [7, 11) is 0. The number of hydrogen-bond acceptors (Lipinski definition) is 3. The molecule has 7 rings (SSSR count). The van der Waals surface area contributed by atoms with Crippen molar-refractivity contribution < 1.29 is 8.81 Å². The monoisotopic (exact) mass is 492 g/mol. The number of hydrogen-bond donors (Lipinski definition) is 0. The summed E-state index contributed by atoms with van der Waals surface area (Å²) in [6.07, 6.45) is 1.81. The maximum Gasteiger partial charge on any atom is 0.228 e. The fourth-order valence-corrected chi connectivity index (χ4v) is 4.77. The van der Waals surface area contributed by atoms with Crippen molar-refractivity contribution in [1.29, 1.82) is 0 Å². The summed E-state index contributed by atoms with van der Waals surface area (Å²) in [4.78, 5) is 9.25. The molecule has 2 aromatic heterocycles. The van der Waals surface area contributed by atoms with Crippen molar-refractivity contribution in [3.8, 4) is 45.0 Å². The van der Waals surface area contributed by atoms with Gasteiger partial charge < -0.3 is 4.42 Å². The van der Waals surface area contributed by atoms with Gasteiger partial charge in [0, 0.05) is 11.8 Å². The van der Waals surface area contributed by atoms with Crippen LogP contribution in [-0.2, 0) is 0 Å². The molecule has 4 heteroatoms. The minimum absolute atomic E-state index is 0.225. The van der Waals surface area contributed by atoms with E-state index in [1.807, 2.05) is 42.6 Å². The molecule has 3 nitrogen and oxygen atoms in total. The third-order valence-electron chi connectivity index (χ3n) is 6.84. The molecule has 180 valence electrons. The van der Waals surface area contributed by atoms with Crippen LogP contribution in [0.5, 0.6) is 0 Å². The third kappa shape index (κ3) is 4.12. The lowest BCUT2D eigenvalue weighted by atomic mass is 9.97. The van der Waals surface area contributed by atoms with Crippen molar-refractivity contribution in [3.05, 3.63) is 133 Å². The Morgan fingerprint density at radius 1 is 0.526 bits per heavy atom. The molecular weight excluding hydrogens is 471 g/mol. The molecule has 0 aliphatic heterocycles. The second kappa shape index (κ2) is 9.09. The van der Waals surface area contributed by atoms with E-state index in [-0.39, 0.29) is 5.82 Å². The van der Waals surface area contributed by atoms with Crippen molar-refractivity contribution in [3.63, 3.8) is 0 Å². The molecule has 0 bridgehead atoms. The smallest absolute Gasteiger partial charge is 0.228 e. The highest BCUT2D eigenvalue weighted by molar-refractivity contribution is 5.90. The van der Waals surface area contributed by atoms with Gasteiger partial charge in [0.1, 0.15) is 11.3 Å². The fourth-order valence-electron chi connectivity index (χ4n) is 4.77. The summed E-state index contributed by atoms with van der Waals surface area (Å²) in [5.41, 5.74) is 8.75. The van der Waals surface area contributed by atoms with Crippen LogP contribution in [0.25, 0.3) is 66.8 Å². The van der Waals surface area contributed by atoms with Gasteiger partial charge in [0.25, 0.3) is 0 Å². The maximum atomic E-state index is 13.2. The molecule has 5 aromatic carbocycles. The minimum Gasteiger partial charge on any atom is -0.436 e. The van der Waals surface area contributed by atoms with Crippen molar-refractivity contribution in [2.75, 3.05) is 0 Å². The van der Waals surface area contributed by atoms with Crippen LogP contribution < -0.4 is 0 Å². The topological polar surface area (TPSA) is 38.9 Å². The molecule has 0 aliphatic rings. The van der Waals surface area contributed by atoms with E-state index >= 15 is 0 Å². The van der Waals surface area contributed by atoms with Gasteiger partial charge in [-0.3, -0.25) is 4.98 Å². The Morgan fingerprint density at radius 2 is 1.11 bits per heavy atom. The van der Waals surface area contributed by atoms with Gasteiger partial charge in [-0.15, -0.1) is 0 Å². The largest absolute Gasteiger partial charge is 0.436 e. The molecule has 0 amide bonds. The van der Waals surface area contributed by atoms with Crippen LogP contribution in [0, 0.1) is 5.82 Å². The predicted molar refractivity (Wildman–Crippen MR) is 151 cm³/mol. The van der Waals surface area contributed by atoms with Crippen LogP contribution in [0.15, 0.2) is 132 Å². The molecule has 0 saturated carbocycles. The number of fused-ring (bicyclic) bond motifs is 2. The number of rotatable bonds is 4. The first-order valence-electron chi connectivity index (χ1n) is 12.4. The molecule has 0 fully saturated rings. The number of pyridine rings is 1. The van der Waals surface area contributed by atoms with Gasteiger partial charge in [-0.25, -0.2) is 9.37 Å². The SMILES string of the molecule is Fc1ccc(-c2ccc(-c3ccc4cc(-c5ccc(-c6nc7ccccc7o6)cn5)ccc4c3)cc2)cc1. The lowest BCUT2D eigenvalue weighted by Crippen LogP contribution is -1.86. The number of nitrogens with zero attached hydrogens (tertiary/aromatic N) is 2. The van der Waals surface area contributed by atoms with Crippen molar-refractivity contribution in [2.45, 2.75) is 0 Å². The number of para-hydroxylation sites is 2. The Kier molecular flexibility index (Phi) is 5.30. The average molecular weight is 493 g/mol.